The highest BCUT2D eigenvalue weighted by atomic mass is 79.9. The molecule has 0 aliphatic carbocycles. The van der Waals surface area contributed by atoms with Gasteiger partial charge in [0, 0.05) is 21.1 Å². The second-order valence-corrected chi connectivity index (χ2v) is 7.77. The number of carbonyl (C=O) groups excluding carboxylic acids is 2. The van der Waals surface area contributed by atoms with Crippen molar-refractivity contribution >= 4 is 56.0 Å². The highest BCUT2D eigenvalue weighted by molar-refractivity contribution is 9.10. The third-order valence-electron chi connectivity index (χ3n) is 4.11. The number of benzene rings is 2. The maximum Gasteiger partial charge on any atom is 0.282 e. The van der Waals surface area contributed by atoms with Crippen molar-refractivity contribution in [2.75, 3.05) is 10.2 Å². The lowest BCUT2D eigenvalue weighted by molar-refractivity contribution is -0.120. The lowest BCUT2D eigenvalue weighted by Gasteiger charge is -2.15. The molecular weight excluding hydrogens is 450 g/mol. The highest BCUT2D eigenvalue weighted by Gasteiger charge is 2.40. The predicted molar refractivity (Wildman–Crippen MR) is 108 cm³/mol. The molecule has 4 nitrogen and oxygen atoms in total. The quantitative estimate of drug-likeness (QED) is 0.545. The van der Waals surface area contributed by atoms with E-state index in [0.29, 0.717) is 15.0 Å². The first kappa shape index (κ1) is 18.5. The van der Waals surface area contributed by atoms with Gasteiger partial charge in [0.05, 0.1) is 11.3 Å². The number of anilines is 2. The van der Waals surface area contributed by atoms with Crippen LogP contribution in [0.1, 0.15) is 4.88 Å². The number of thiophene rings is 1. The minimum absolute atomic E-state index is 0.0124. The number of amides is 2. The van der Waals surface area contributed by atoms with Crippen molar-refractivity contribution in [2.24, 2.45) is 0 Å². The molecule has 2 aromatic carbocycles. The van der Waals surface area contributed by atoms with Crippen LogP contribution in [-0.2, 0) is 9.59 Å². The lowest BCUT2D eigenvalue weighted by Crippen LogP contribution is -2.32. The van der Waals surface area contributed by atoms with Crippen LogP contribution in [-0.4, -0.2) is 11.8 Å². The van der Waals surface area contributed by atoms with Gasteiger partial charge in [0.25, 0.3) is 11.8 Å². The third kappa shape index (κ3) is 3.25. The minimum atomic E-state index is -1.05. The molecule has 1 aliphatic heterocycles. The van der Waals surface area contributed by atoms with Gasteiger partial charge in [-0.1, -0.05) is 28.1 Å². The molecule has 8 heteroatoms. The van der Waals surface area contributed by atoms with Crippen molar-refractivity contribution in [3.05, 3.63) is 86.7 Å². The van der Waals surface area contributed by atoms with Crippen LogP contribution >= 0.6 is 27.3 Å². The molecule has 2 heterocycles. The highest BCUT2D eigenvalue weighted by Crippen LogP contribution is 2.36. The lowest BCUT2D eigenvalue weighted by atomic mass is 10.2. The topological polar surface area (TPSA) is 49.4 Å². The summed E-state index contributed by atoms with van der Waals surface area (Å²) in [6.45, 7) is 0. The minimum Gasteiger partial charge on any atom is -0.350 e. The summed E-state index contributed by atoms with van der Waals surface area (Å²) in [7, 11) is 0. The number of nitrogens with zero attached hydrogens (tertiary/aromatic N) is 1. The maximum atomic E-state index is 13.6. The first-order valence-corrected chi connectivity index (χ1v) is 9.77. The fourth-order valence-corrected chi connectivity index (χ4v) is 4.02. The maximum absolute atomic E-state index is 13.6. The van der Waals surface area contributed by atoms with E-state index in [0.717, 1.165) is 17.0 Å². The fraction of sp³-hybridized carbons (Fsp3) is 0. The Morgan fingerprint density at radius 2 is 1.75 bits per heavy atom. The van der Waals surface area contributed by atoms with Crippen LogP contribution < -0.4 is 10.2 Å². The van der Waals surface area contributed by atoms with Gasteiger partial charge in [0.1, 0.15) is 5.70 Å². The van der Waals surface area contributed by atoms with Crippen molar-refractivity contribution in [1.29, 1.82) is 0 Å². The largest absolute Gasteiger partial charge is 0.350 e. The smallest absolute Gasteiger partial charge is 0.282 e. The van der Waals surface area contributed by atoms with Gasteiger partial charge in [-0.25, -0.2) is 13.7 Å². The van der Waals surface area contributed by atoms with Crippen molar-refractivity contribution < 1.29 is 18.4 Å². The van der Waals surface area contributed by atoms with Crippen LogP contribution in [0.5, 0.6) is 0 Å². The van der Waals surface area contributed by atoms with E-state index < -0.39 is 23.4 Å². The molecular formula is C20H11BrF2N2O2S. The summed E-state index contributed by atoms with van der Waals surface area (Å²) in [6.07, 6.45) is 0. The Kier molecular flexibility index (Phi) is 4.82. The SMILES string of the molecule is O=C1C(Nc2ccc(F)c(F)c2)=C(c2cccs2)C(=O)N1c1cccc(Br)c1. The fourth-order valence-electron chi connectivity index (χ4n) is 2.86. The Balaban J connectivity index is 1.80. The normalized spacial score (nSPS) is 14.2. The van der Waals surface area contributed by atoms with Gasteiger partial charge in [-0.15, -0.1) is 11.3 Å². The van der Waals surface area contributed by atoms with Crippen LogP contribution in [0.3, 0.4) is 0 Å². The van der Waals surface area contributed by atoms with Crippen molar-refractivity contribution in [3.63, 3.8) is 0 Å². The molecule has 1 aromatic heterocycles. The molecule has 1 aliphatic rings. The second-order valence-electron chi connectivity index (χ2n) is 5.91. The molecule has 0 fully saturated rings. The Morgan fingerprint density at radius 3 is 2.43 bits per heavy atom. The first-order valence-electron chi connectivity index (χ1n) is 8.10. The van der Waals surface area contributed by atoms with E-state index in [4.69, 9.17) is 0 Å². The molecule has 28 heavy (non-hydrogen) atoms. The first-order chi connectivity index (χ1) is 13.5. The Bertz CT molecular complexity index is 1130. The Labute approximate surface area is 171 Å². The second kappa shape index (κ2) is 7.29. The van der Waals surface area contributed by atoms with Crippen LogP contribution in [0.15, 0.2) is 70.1 Å². The van der Waals surface area contributed by atoms with E-state index in [-0.39, 0.29) is 17.0 Å². The molecule has 0 bridgehead atoms. The summed E-state index contributed by atoms with van der Waals surface area (Å²) in [5.41, 5.74) is 0.767. The molecule has 3 aromatic rings. The van der Waals surface area contributed by atoms with Crippen molar-refractivity contribution in [1.82, 2.24) is 0 Å². The van der Waals surface area contributed by atoms with Crippen LogP contribution in [0.4, 0.5) is 20.2 Å². The number of carbonyl (C=O) groups is 2. The zero-order valence-corrected chi connectivity index (χ0v) is 16.5. The van der Waals surface area contributed by atoms with Crippen LogP contribution in [0.2, 0.25) is 0 Å². The Morgan fingerprint density at radius 1 is 0.929 bits per heavy atom. The summed E-state index contributed by atoms with van der Waals surface area (Å²) in [5, 5.41) is 4.59. The summed E-state index contributed by atoms with van der Waals surface area (Å²) in [5.74, 6) is -3.11. The summed E-state index contributed by atoms with van der Waals surface area (Å²) in [4.78, 5) is 27.9. The van der Waals surface area contributed by atoms with E-state index >= 15 is 0 Å². The molecule has 0 unspecified atom stereocenters. The molecule has 0 radical (unpaired) electrons. The van der Waals surface area contributed by atoms with E-state index in [2.05, 4.69) is 21.2 Å². The van der Waals surface area contributed by atoms with Crippen LogP contribution in [0.25, 0.3) is 5.57 Å². The molecule has 2 amide bonds. The van der Waals surface area contributed by atoms with Gasteiger partial charge >= 0.3 is 0 Å². The van der Waals surface area contributed by atoms with E-state index in [1.54, 1.807) is 41.8 Å². The van der Waals surface area contributed by atoms with E-state index in [1.807, 2.05) is 0 Å². The summed E-state index contributed by atoms with van der Waals surface area (Å²) < 4.78 is 27.5. The molecule has 4 rings (SSSR count). The van der Waals surface area contributed by atoms with Gasteiger partial charge in [-0.3, -0.25) is 9.59 Å². The van der Waals surface area contributed by atoms with Crippen molar-refractivity contribution in [2.45, 2.75) is 0 Å². The van der Waals surface area contributed by atoms with Gasteiger partial charge in [0.2, 0.25) is 0 Å². The average molecular weight is 461 g/mol. The molecule has 0 atom stereocenters. The van der Waals surface area contributed by atoms with Gasteiger partial charge < -0.3 is 5.32 Å². The zero-order valence-electron chi connectivity index (χ0n) is 14.1. The Hall–Kier alpha value is -2.84. The summed E-state index contributed by atoms with van der Waals surface area (Å²) in [6, 6.07) is 13.5. The molecule has 140 valence electrons. The number of rotatable bonds is 4. The third-order valence-corrected chi connectivity index (χ3v) is 5.49. The number of halogens is 3. The molecule has 0 spiro atoms. The number of hydrogen-bond donors (Lipinski definition) is 1. The zero-order chi connectivity index (χ0) is 19.8. The predicted octanol–water partition coefficient (Wildman–Crippen LogP) is 5.19. The molecule has 1 N–H and O–H groups in total. The summed E-state index contributed by atoms with van der Waals surface area (Å²) >= 11 is 4.64. The number of hydrogen-bond acceptors (Lipinski definition) is 4. The van der Waals surface area contributed by atoms with Crippen LogP contribution in [0, 0.1) is 11.6 Å². The number of nitrogens with one attached hydrogen (secondary N) is 1. The van der Waals surface area contributed by atoms with Gasteiger partial charge in [-0.05, 0) is 41.8 Å². The number of imide groups is 1. The van der Waals surface area contributed by atoms with Gasteiger partial charge in [0.15, 0.2) is 11.6 Å². The monoisotopic (exact) mass is 460 g/mol. The average Bonchev–Trinajstić information content (AvgIpc) is 3.25. The van der Waals surface area contributed by atoms with Gasteiger partial charge in [-0.2, -0.15) is 0 Å². The van der Waals surface area contributed by atoms with Crippen molar-refractivity contribution in [3.8, 4) is 0 Å². The molecule has 0 saturated carbocycles. The van der Waals surface area contributed by atoms with E-state index in [9.17, 15) is 18.4 Å². The van der Waals surface area contributed by atoms with E-state index in [1.165, 1.54) is 17.4 Å². The standard InChI is InChI=1S/C20H11BrF2N2O2S/c21-11-3-1-4-13(9-11)25-19(26)17(16-5-2-8-28-16)18(20(25)27)24-12-6-7-14(22)15(23)10-12/h1-10,24H. The molecule has 0 saturated heterocycles.